The Bertz CT molecular complexity index is 2080. The molecule has 17 nitrogen and oxygen atoms in total. The van der Waals surface area contributed by atoms with E-state index in [1.807, 2.05) is 0 Å². The molecule has 0 radical (unpaired) electrons. The van der Waals surface area contributed by atoms with Crippen LogP contribution in [0.3, 0.4) is 0 Å². The monoisotopic (exact) mass is 1580 g/mol. The minimum atomic E-state index is -4.97. The Balaban J connectivity index is 5.25. The predicted molar refractivity (Wildman–Crippen MR) is 446 cm³/mol. The highest BCUT2D eigenvalue weighted by molar-refractivity contribution is 7.47. The molecule has 3 N–H and O–H groups in total. The van der Waals surface area contributed by atoms with Gasteiger partial charge in [0.25, 0.3) is 0 Å². The molecule has 0 aromatic rings. The second kappa shape index (κ2) is 78.9. The van der Waals surface area contributed by atoms with Crippen molar-refractivity contribution >= 4 is 39.5 Å². The molecule has 0 aliphatic heterocycles. The van der Waals surface area contributed by atoms with Crippen LogP contribution in [-0.4, -0.2) is 96.7 Å². The number of carbonyl (C=O) groups excluding carboxylic acids is 4. The molecule has 0 aromatic heterocycles. The van der Waals surface area contributed by atoms with Gasteiger partial charge in [-0.1, -0.05) is 421 Å². The van der Waals surface area contributed by atoms with Gasteiger partial charge in [-0.15, -0.1) is 0 Å². The van der Waals surface area contributed by atoms with Gasteiger partial charge in [0.1, 0.15) is 19.3 Å². The molecule has 0 rings (SSSR count). The highest BCUT2D eigenvalue weighted by atomic mass is 31.2. The molecule has 19 heteroatoms. The molecule has 0 saturated heterocycles. The number of unbranched alkanes of at least 4 members (excludes halogenated alkanes) is 55. The van der Waals surface area contributed by atoms with E-state index >= 15 is 0 Å². The Morgan fingerprint density at radius 1 is 0.250 bits per heavy atom. The molecular weight excluding hydrogens is 1400 g/mol. The quantitative estimate of drug-likeness (QED) is 0.0222. The lowest BCUT2D eigenvalue weighted by Gasteiger charge is -2.21. The Morgan fingerprint density at radius 3 is 0.630 bits per heavy atom. The number of aliphatic hydroxyl groups excluding tert-OH is 1. The van der Waals surface area contributed by atoms with Crippen molar-refractivity contribution in [2.75, 3.05) is 39.6 Å². The first-order chi connectivity index (χ1) is 52.2. The van der Waals surface area contributed by atoms with Gasteiger partial charge in [0.05, 0.1) is 26.4 Å². The minimum Gasteiger partial charge on any atom is -0.462 e. The van der Waals surface area contributed by atoms with Crippen molar-refractivity contribution in [3.63, 3.8) is 0 Å². The summed E-state index contributed by atoms with van der Waals surface area (Å²) in [5.74, 6) is 0.321. The van der Waals surface area contributed by atoms with Crippen molar-refractivity contribution in [3.05, 3.63) is 0 Å². The van der Waals surface area contributed by atoms with Gasteiger partial charge in [0.15, 0.2) is 12.2 Å². The fraction of sp³-hybridized carbons (Fsp3) is 0.955. The van der Waals surface area contributed by atoms with Crippen LogP contribution in [0, 0.1) is 17.8 Å². The number of rotatable bonds is 87. The second-order valence-electron chi connectivity index (χ2n) is 33.4. The highest BCUT2D eigenvalue weighted by Crippen LogP contribution is 2.45. The molecule has 0 aliphatic carbocycles. The molecule has 642 valence electrons. The molecule has 2 unspecified atom stereocenters. The van der Waals surface area contributed by atoms with E-state index in [0.717, 1.165) is 108 Å². The largest absolute Gasteiger partial charge is 0.472 e. The maximum absolute atomic E-state index is 13.2. The predicted octanol–water partition coefficient (Wildman–Crippen LogP) is 27.3. The zero-order chi connectivity index (χ0) is 79.3. The number of hydrogen-bond donors (Lipinski definition) is 3. The van der Waals surface area contributed by atoms with Crippen LogP contribution in [0.5, 0.6) is 0 Å². The van der Waals surface area contributed by atoms with Crippen molar-refractivity contribution in [2.45, 2.75) is 491 Å². The standard InChI is InChI=1S/C89H174O17P2/c1-8-9-10-11-12-13-14-35-42-49-56-63-70-86(91)99-76-84(106-89(94)73-66-59-52-45-38-31-25-28-34-41-48-55-62-69-82(6)7)78-103-107(95,96)101-74-83(90)75-102-108(97,98)104-79-85(77-100-87(92)71-64-57-50-43-36-29-23-20-19-22-27-33-40-47-54-61-68-81(4)5)105-88(93)72-65-58-51-44-37-30-24-18-16-15-17-21-26-32-39-46-53-60-67-80(2)3/h80-85,90H,8-79H2,1-7H3,(H,95,96)(H,97,98)/t83-,84+,85+/m0/s1. The van der Waals surface area contributed by atoms with E-state index in [0.29, 0.717) is 25.7 Å². The number of esters is 4. The van der Waals surface area contributed by atoms with Gasteiger partial charge >= 0.3 is 39.5 Å². The van der Waals surface area contributed by atoms with E-state index in [1.165, 1.54) is 283 Å². The molecule has 0 aromatic carbocycles. The Morgan fingerprint density at radius 2 is 0.426 bits per heavy atom. The highest BCUT2D eigenvalue weighted by Gasteiger charge is 2.31. The topological polar surface area (TPSA) is 237 Å². The first kappa shape index (κ1) is 106. The summed E-state index contributed by atoms with van der Waals surface area (Å²) in [7, 11) is -9.93. The number of ether oxygens (including phenoxy) is 4. The summed E-state index contributed by atoms with van der Waals surface area (Å²) in [6, 6.07) is 0. The first-order valence-corrected chi connectivity index (χ1v) is 48.8. The summed E-state index contributed by atoms with van der Waals surface area (Å²) in [5.41, 5.74) is 0. The van der Waals surface area contributed by atoms with Crippen LogP contribution in [0.2, 0.25) is 0 Å². The van der Waals surface area contributed by atoms with E-state index in [-0.39, 0.29) is 25.7 Å². The molecule has 0 aliphatic rings. The van der Waals surface area contributed by atoms with Crippen molar-refractivity contribution < 1.29 is 80.2 Å². The van der Waals surface area contributed by atoms with E-state index in [4.69, 9.17) is 37.0 Å². The fourth-order valence-corrected chi connectivity index (χ4v) is 15.5. The molecular formula is C89H174O17P2. The van der Waals surface area contributed by atoms with Gasteiger partial charge in [-0.3, -0.25) is 37.3 Å². The SMILES string of the molecule is CCCCCCCCCCCCCCC(=O)OC[C@H](COP(=O)(O)OC[C@H](O)COP(=O)(O)OC[C@@H](COC(=O)CCCCCCCCCCCCCCCCCCC(C)C)OC(=O)CCCCCCCCCCCCCCCCCCCCC(C)C)OC(=O)CCCCCCCCCCCCCCCC(C)C. The number of aliphatic hydroxyl groups is 1. The number of phosphoric ester groups is 2. The fourth-order valence-electron chi connectivity index (χ4n) is 13.9. The van der Waals surface area contributed by atoms with Gasteiger partial charge < -0.3 is 33.8 Å². The van der Waals surface area contributed by atoms with Crippen LogP contribution < -0.4 is 0 Å². The number of carbonyl (C=O) groups is 4. The summed E-state index contributed by atoms with van der Waals surface area (Å²) < 4.78 is 69.0. The zero-order valence-electron chi connectivity index (χ0n) is 71.3. The van der Waals surface area contributed by atoms with Crippen LogP contribution in [0.25, 0.3) is 0 Å². The average Bonchev–Trinajstić information content (AvgIpc) is 0.898. The minimum absolute atomic E-state index is 0.108. The maximum Gasteiger partial charge on any atom is 0.472 e. The summed E-state index contributed by atoms with van der Waals surface area (Å²) in [6.45, 7) is 12.1. The third-order valence-electron chi connectivity index (χ3n) is 20.9. The molecule has 0 fully saturated rings. The van der Waals surface area contributed by atoms with E-state index in [9.17, 15) is 43.2 Å². The third kappa shape index (κ3) is 82.1. The number of hydrogen-bond acceptors (Lipinski definition) is 15. The first-order valence-electron chi connectivity index (χ1n) is 45.8. The van der Waals surface area contributed by atoms with Crippen LogP contribution in [0.4, 0.5) is 0 Å². The lowest BCUT2D eigenvalue weighted by molar-refractivity contribution is -0.161. The Labute approximate surface area is 664 Å². The van der Waals surface area contributed by atoms with E-state index in [1.54, 1.807) is 0 Å². The van der Waals surface area contributed by atoms with Gasteiger partial charge in [-0.05, 0) is 43.4 Å². The molecule has 0 bridgehead atoms. The third-order valence-corrected chi connectivity index (χ3v) is 22.8. The van der Waals surface area contributed by atoms with Crippen molar-refractivity contribution in [2.24, 2.45) is 17.8 Å². The molecule has 0 heterocycles. The zero-order valence-corrected chi connectivity index (χ0v) is 73.1. The van der Waals surface area contributed by atoms with E-state index < -0.39 is 97.5 Å². The van der Waals surface area contributed by atoms with Gasteiger partial charge in [0.2, 0.25) is 0 Å². The van der Waals surface area contributed by atoms with Crippen LogP contribution in [0.1, 0.15) is 472 Å². The van der Waals surface area contributed by atoms with Crippen LogP contribution in [0.15, 0.2) is 0 Å². The van der Waals surface area contributed by atoms with Crippen LogP contribution >= 0.6 is 15.6 Å². The summed E-state index contributed by atoms with van der Waals surface area (Å²) in [6.07, 6.45) is 70.7. The normalized spacial score (nSPS) is 13.8. The van der Waals surface area contributed by atoms with Crippen molar-refractivity contribution in [3.8, 4) is 0 Å². The average molecular weight is 1580 g/mol. The molecule has 5 atom stereocenters. The maximum atomic E-state index is 13.2. The molecule has 0 saturated carbocycles. The molecule has 108 heavy (non-hydrogen) atoms. The van der Waals surface area contributed by atoms with Crippen molar-refractivity contribution in [1.29, 1.82) is 0 Å². The Kier molecular flexibility index (Phi) is 77.5. The molecule has 0 amide bonds. The van der Waals surface area contributed by atoms with Gasteiger partial charge in [-0.2, -0.15) is 0 Å². The van der Waals surface area contributed by atoms with Crippen LogP contribution in [-0.2, 0) is 65.4 Å². The smallest absolute Gasteiger partial charge is 0.462 e. The lowest BCUT2D eigenvalue weighted by atomic mass is 10.0. The van der Waals surface area contributed by atoms with Crippen molar-refractivity contribution in [1.82, 2.24) is 0 Å². The number of phosphoric acid groups is 2. The Hall–Kier alpha value is -1.94. The summed E-state index contributed by atoms with van der Waals surface area (Å²) in [4.78, 5) is 73.4. The second-order valence-corrected chi connectivity index (χ2v) is 36.3. The van der Waals surface area contributed by atoms with Gasteiger partial charge in [-0.25, -0.2) is 9.13 Å². The summed E-state index contributed by atoms with van der Waals surface area (Å²) >= 11 is 0. The molecule has 0 spiro atoms. The lowest BCUT2D eigenvalue weighted by Crippen LogP contribution is -2.30. The summed E-state index contributed by atoms with van der Waals surface area (Å²) in [5, 5.41) is 10.7. The van der Waals surface area contributed by atoms with Gasteiger partial charge in [0, 0.05) is 25.7 Å². The van der Waals surface area contributed by atoms with E-state index in [2.05, 4.69) is 48.5 Å².